The minimum absolute atomic E-state index is 0.0840. The van der Waals surface area contributed by atoms with Crippen LogP contribution in [0.5, 0.6) is 0 Å². The van der Waals surface area contributed by atoms with Crippen molar-refractivity contribution >= 4 is 11.3 Å². The van der Waals surface area contributed by atoms with Gasteiger partial charge in [0.15, 0.2) is 0 Å². The van der Waals surface area contributed by atoms with E-state index in [1.165, 1.54) is 4.88 Å². The first-order chi connectivity index (χ1) is 8.01. The fourth-order valence-electron chi connectivity index (χ4n) is 2.13. The Labute approximate surface area is 106 Å². The number of aryl methyl sites for hydroxylation is 2. The van der Waals surface area contributed by atoms with Crippen LogP contribution in [0.2, 0.25) is 0 Å². The molecule has 2 heterocycles. The van der Waals surface area contributed by atoms with Crippen molar-refractivity contribution in [3.63, 3.8) is 0 Å². The van der Waals surface area contributed by atoms with Gasteiger partial charge >= 0.3 is 0 Å². The molecule has 2 N–H and O–H groups in total. The summed E-state index contributed by atoms with van der Waals surface area (Å²) in [5.41, 5.74) is 0.371. The van der Waals surface area contributed by atoms with E-state index in [9.17, 15) is 5.11 Å². The van der Waals surface area contributed by atoms with E-state index in [4.69, 9.17) is 4.74 Å². The lowest BCUT2D eigenvalue weighted by atomic mass is 9.97. The number of nitrogens with zero attached hydrogens (tertiary/aromatic N) is 1. The van der Waals surface area contributed by atoms with Crippen molar-refractivity contribution < 1.29 is 9.84 Å². The molecule has 2 unspecified atom stereocenters. The smallest absolute Gasteiger partial charge is 0.105 e. The minimum Gasteiger partial charge on any atom is -0.386 e. The molecule has 0 aliphatic carbocycles. The molecule has 5 heteroatoms. The molecule has 0 radical (unpaired) electrons. The number of thiazole rings is 1. The normalized spacial score (nSPS) is 28.8. The van der Waals surface area contributed by atoms with Gasteiger partial charge in [0, 0.05) is 31.0 Å². The number of hydrogen-bond acceptors (Lipinski definition) is 5. The van der Waals surface area contributed by atoms with Gasteiger partial charge in [-0.2, -0.15) is 0 Å². The summed E-state index contributed by atoms with van der Waals surface area (Å²) in [6.45, 7) is 7.96. The van der Waals surface area contributed by atoms with Crippen LogP contribution in [0.1, 0.15) is 28.9 Å². The SMILES string of the molecule is Cc1nc(C)c(CNCC2(O)CCOC2C)s1. The first-order valence-electron chi connectivity index (χ1n) is 5.99. The van der Waals surface area contributed by atoms with Crippen LogP contribution in [-0.2, 0) is 11.3 Å². The summed E-state index contributed by atoms with van der Waals surface area (Å²) in [7, 11) is 0. The van der Waals surface area contributed by atoms with Gasteiger partial charge in [-0.15, -0.1) is 11.3 Å². The summed E-state index contributed by atoms with van der Waals surface area (Å²) >= 11 is 1.71. The van der Waals surface area contributed by atoms with Gasteiger partial charge in [0.25, 0.3) is 0 Å². The van der Waals surface area contributed by atoms with E-state index >= 15 is 0 Å². The van der Waals surface area contributed by atoms with Crippen LogP contribution < -0.4 is 5.32 Å². The summed E-state index contributed by atoms with van der Waals surface area (Å²) in [6.07, 6.45) is 0.626. The van der Waals surface area contributed by atoms with E-state index in [0.717, 1.165) is 17.2 Å². The lowest BCUT2D eigenvalue weighted by molar-refractivity contribution is -0.0262. The predicted octanol–water partition coefficient (Wildman–Crippen LogP) is 1.39. The molecule has 4 nitrogen and oxygen atoms in total. The van der Waals surface area contributed by atoms with Crippen molar-refractivity contribution in [2.24, 2.45) is 0 Å². The Bertz CT molecular complexity index is 394. The Morgan fingerprint density at radius 3 is 2.88 bits per heavy atom. The highest BCUT2D eigenvalue weighted by atomic mass is 32.1. The maximum Gasteiger partial charge on any atom is 0.105 e. The zero-order valence-corrected chi connectivity index (χ0v) is 11.4. The molecule has 96 valence electrons. The van der Waals surface area contributed by atoms with Gasteiger partial charge in [-0.1, -0.05) is 0 Å². The van der Waals surface area contributed by atoms with Gasteiger partial charge < -0.3 is 15.2 Å². The lowest BCUT2D eigenvalue weighted by Gasteiger charge is -2.26. The van der Waals surface area contributed by atoms with Crippen LogP contribution in [0, 0.1) is 13.8 Å². The Morgan fingerprint density at radius 2 is 2.35 bits per heavy atom. The quantitative estimate of drug-likeness (QED) is 0.855. The third-order valence-electron chi connectivity index (χ3n) is 3.38. The molecule has 1 aliphatic heterocycles. The number of aromatic nitrogens is 1. The summed E-state index contributed by atoms with van der Waals surface area (Å²) in [6, 6.07) is 0. The topological polar surface area (TPSA) is 54.4 Å². The zero-order valence-electron chi connectivity index (χ0n) is 10.6. The molecular formula is C12H20N2O2S. The zero-order chi connectivity index (χ0) is 12.5. The second-order valence-electron chi connectivity index (χ2n) is 4.71. The molecule has 1 aromatic heterocycles. The monoisotopic (exact) mass is 256 g/mol. The molecular weight excluding hydrogens is 236 g/mol. The second-order valence-corrected chi connectivity index (χ2v) is 6.00. The van der Waals surface area contributed by atoms with Crippen molar-refractivity contribution in [2.75, 3.05) is 13.2 Å². The van der Waals surface area contributed by atoms with E-state index in [1.807, 2.05) is 20.8 Å². The first kappa shape index (κ1) is 13.0. The van der Waals surface area contributed by atoms with Crippen LogP contribution in [0.15, 0.2) is 0 Å². The lowest BCUT2D eigenvalue weighted by Crippen LogP contribution is -2.45. The summed E-state index contributed by atoms with van der Waals surface area (Å²) in [5.74, 6) is 0. The van der Waals surface area contributed by atoms with Crippen molar-refractivity contribution in [3.05, 3.63) is 15.6 Å². The number of ether oxygens (including phenoxy) is 1. The molecule has 1 saturated heterocycles. The van der Waals surface area contributed by atoms with Gasteiger partial charge in [0.1, 0.15) is 5.60 Å². The van der Waals surface area contributed by atoms with Gasteiger partial charge in [-0.25, -0.2) is 4.98 Å². The van der Waals surface area contributed by atoms with E-state index in [2.05, 4.69) is 10.3 Å². The third kappa shape index (κ3) is 2.85. The fourth-order valence-corrected chi connectivity index (χ4v) is 3.04. The largest absolute Gasteiger partial charge is 0.386 e. The molecule has 0 spiro atoms. The van der Waals surface area contributed by atoms with Crippen LogP contribution in [-0.4, -0.2) is 34.9 Å². The van der Waals surface area contributed by atoms with Crippen LogP contribution in [0.25, 0.3) is 0 Å². The van der Waals surface area contributed by atoms with Crippen LogP contribution >= 0.6 is 11.3 Å². The molecule has 1 aromatic rings. The summed E-state index contributed by atoms with van der Waals surface area (Å²) in [4.78, 5) is 5.63. The van der Waals surface area contributed by atoms with Gasteiger partial charge in [0.05, 0.1) is 16.8 Å². The number of hydrogen-bond donors (Lipinski definition) is 2. The standard InChI is InChI=1S/C12H20N2O2S/c1-8-11(17-10(3)14-8)6-13-7-12(15)4-5-16-9(12)2/h9,13,15H,4-7H2,1-3H3. The maximum absolute atomic E-state index is 10.3. The molecule has 0 saturated carbocycles. The van der Waals surface area contributed by atoms with E-state index in [-0.39, 0.29) is 6.10 Å². The van der Waals surface area contributed by atoms with Gasteiger partial charge in [-0.05, 0) is 20.8 Å². The van der Waals surface area contributed by atoms with Crippen molar-refractivity contribution in [1.82, 2.24) is 10.3 Å². The van der Waals surface area contributed by atoms with E-state index in [1.54, 1.807) is 11.3 Å². The molecule has 2 atom stereocenters. The third-order valence-corrected chi connectivity index (χ3v) is 4.45. The Balaban J connectivity index is 1.85. The number of rotatable bonds is 4. The Kier molecular flexibility index (Phi) is 3.82. The average Bonchev–Trinajstić information content (AvgIpc) is 2.73. The van der Waals surface area contributed by atoms with E-state index in [0.29, 0.717) is 19.6 Å². The fraction of sp³-hybridized carbons (Fsp3) is 0.750. The van der Waals surface area contributed by atoms with Crippen molar-refractivity contribution in [1.29, 1.82) is 0 Å². The average molecular weight is 256 g/mol. The van der Waals surface area contributed by atoms with E-state index < -0.39 is 5.60 Å². The Hall–Kier alpha value is -0.490. The van der Waals surface area contributed by atoms with Crippen molar-refractivity contribution in [2.45, 2.75) is 45.4 Å². The highest BCUT2D eigenvalue weighted by molar-refractivity contribution is 7.11. The maximum atomic E-state index is 10.3. The molecule has 17 heavy (non-hydrogen) atoms. The molecule has 2 rings (SSSR count). The highest BCUT2D eigenvalue weighted by Crippen LogP contribution is 2.25. The number of aliphatic hydroxyl groups is 1. The van der Waals surface area contributed by atoms with Gasteiger partial charge in [0.2, 0.25) is 0 Å². The summed E-state index contributed by atoms with van der Waals surface area (Å²) in [5, 5.41) is 14.7. The molecule has 0 bridgehead atoms. The minimum atomic E-state index is -0.715. The predicted molar refractivity (Wildman–Crippen MR) is 68.3 cm³/mol. The second kappa shape index (κ2) is 5.02. The molecule has 0 aromatic carbocycles. The van der Waals surface area contributed by atoms with Gasteiger partial charge in [-0.3, -0.25) is 0 Å². The summed E-state index contributed by atoms with van der Waals surface area (Å²) < 4.78 is 5.40. The molecule has 1 fully saturated rings. The number of nitrogens with one attached hydrogen (secondary N) is 1. The van der Waals surface area contributed by atoms with Crippen molar-refractivity contribution in [3.8, 4) is 0 Å². The molecule has 0 amide bonds. The molecule has 1 aliphatic rings. The van der Waals surface area contributed by atoms with Crippen LogP contribution in [0.3, 0.4) is 0 Å². The van der Waals surface area contributed by atoms with Crippen LogP contribution in [0.4, 0.5) is 0 Å². The Morgan fingerprint density at radius 1 is 1.59 bits per heavy atom. The first-order valence-corrected chi connectivity index (χ1v) is 6.80. The highest BCUT2D eigenvalue weighted by Gasteiger charge is 2.38.